The average molecular weight is 272 g/mol. The van der Waals surface area contributed by atoms with Gasteiger partial charge in [0.1, 0.15) is 5.69 Å². The molecule has 0 radical (unpaired) electrons. The van der Waals surface area contributed by atoms with E-state index in [2.05, 4.69) is 14.7 Å². The van der Waals surface area contributed by atoms with Gasteiger partial charge in [-0.1, -0.05) is 22.7 Å². The van der Waals surface area contributed by atoms with Gasteiger partial charge in [0.15, 0.2) is 5.78 Å². The van der Waals surface area contributed by atoms with E-state index in [1.807, 2.05) is 35.9 Å². The maximum atomic E-state index is 12.1. The molecule has 3 aromatic rings. The molecule has 0 unspecified atom stereocenters. The molecule has 6 heteroatoms. The van der Waals surface area contributed by atoms with Crippen LogP contribution in [0.3, 0.4) is 0 Å². The first-order valence-corrected chi connectivity index (χ1v) is 6.88. The number of rotatable bonds is 4. The number of Topliss-reactive ketones (excluding diaryl/α,β-unsaturated/α-hetero) is 1. The number of hydrogen-bond acceptors (Lipinski definition) is 5. The zero-order valence-electron chi connectivity index (χ0n) is 10.4. The van der Waals surface area contributed by atoms with Crippen LogP contribution in [-0.2, 0) is 13.0 Å². The monoisotopic (exact) mass is 272 g/mol. The van der Waals surface area contributed by atoms with Crippen molar-refractivity contribution in [3.05, 3.63) is 41.0 Å². The predicted molar refractivity (Wildman–Crippen MR) is 73.4 cm³/mol. The van der Waals surface area contributed by atoms with Crippen molar-refractivity contribution in [1.29, 1.82) is 0 Å². The van der Waals surface area contributed by atoms with Crippen LogP contribution in [0.1, 0.15) is 23.1 Å². The number of aromatic nitrogens is 4. The Balaban J connectivity index is 1.99. The van der Waals surface area contributed by atoms with Gasteiger partial charge in [-0.05, 0) is 24.5 Å². The maximum Gasteiger partial charge on any atom is 0.190 e. The van der Waals surface area contributed by atoms with Crippen LogP contribution in [0.25, 0.3) is 10.9 Å². The highest BCUT2D eigenvalue weighted by molar-refractivity contribution is 7.03. The van der Waals surface area contributed by atoms with Crippen molar-refractivity contribution in [3.63, 3.8) is 0 Å². The second-order valence-electron chi connectivity index (χ2n) is 4.17. The van der Waals surface area contributed by atoms with Crippen molar-refractivity contribution in [2.24, 2.45) is 0 Å². The minimum absolute atomic E-state index is 0.0414. The summed E-state index contributed by atoms with van der Waals surface area (Å²) in [4.78, 5) is 12.1. The molecule has 0 bridgehead atoms. The van der Waals surface area contributed by atoms with Gasteiger partial charge in [0.05, 0.1) is 17.6 Å². The number of carbonyl (C=O) groups is 1. The first-order chi connectivity index (χ1) is 9.29. The Labute approximate surface area is 114 Å². The Kier molecular flexibility index (Phi) is 3.08. The van der Waals surface area contributed by atoms with Gasteiger partial charge in [0.2, 0.25) is 0 Å². The lowest BCUT2D eigenvalue weighted by atomic mass is 10.1. The van der Waals surface area contributed by atoms with E-state index >= 15 is 0 Å². The summed E-state index contributed by atoms with van der Waals surface area (Å²) < 4.78 is 5.63. The minimum Gasteiger partial charge on any atom is -0.292 e. The van der Waals surface area contributed by atoms with Crippen molar-refractivity contribution >= 4 is 28.2 Å². The van der Waals surface area contributed by atoms with Crippen molar-refractivity contribution in [2.75, 3.05) is 0 Å². The Morgan fingerprint density at radius 2 is 2.21 bits per heavy atom. The summed E-state index contributed by atoms with van der Waals surface area (Å²) in [5.41, 5.74) is 2.28. The number of hydrogen-bond donors (Lipinski definition) is 0. The quantitative estimate of drug-likeness (QED) is 0.684. The standard InChI is InChI=1S/C13H12N4OS/c1-2-17-12-6-4-3-5-9(12)10(15-17)7-13(18)11-8-19-16-14-11/h3-6,8H,2,7H2,1H3. The molecular formula is C13H12N4OS. The normalized spacial score (nSPS) is 11.0. The first kappa shape index (κ1) is 12.0. The number of ketones is 1. The number of fused-ring (bicyclic) bond motifs is 1. The van der Waals surface area contributed by atoms with Crippen molar-refractivity contribution in [2.45, 2.75) is 19.9 Å². The zero-order chi connectivity index (χ0) is 13.2. The Bertz CT molecular complexity index is 717. The summed E-state index contributed by atoms with van der Waals surface area (Å²) in [7, 11) is 0. The lowest BCUT2D eigenvalue weighted by Gasteiger charge is -1.95. The summed E-state index contributed by atoms with van der Waals surface area (Å²) in [5.74, 6) is -0.0414. The van der Waals surface area contributed by atoms with Crippen molar-refractivity contribution < 1.29 is 4.79 Å². The molecule has 0 aliphatic rings. The van der Waals surface area contributed by atoms with Gasteiger partial charge in [-0.25, -0.2) is 0 Å². The fourth-order valence-corrected chi connectivity index (χ4v) is 2.56. The van der Waals surface area contributed by atoms with E-state index in [1.165, 1.54) is 11.5 Å². The van der Waals surface area contributed by atoms with Gasteiger partial charge < -0.3 is 0 Å². The van der Waals surface area contributed by atoms with Crippen LogP contribution in [0.5, 0.6) is 0 Å². The second kappa shape index (κ2) is 4.89. The molecule has 0 atom stereocenters. The fourth-order valence-electron chi connectivity index (χ4n) is 2.10. The highest BCUT2D eigenvalue weighted by Crippen LogP contribution is 2.19. The SMILES string of the molecule is CCn1nc(CC(=O)c2csnn2)c2ccccc21. The van der Waals surface area contributed by atoms with Crippen molar-refractivity contribution in [3.8, 4) is 0 Å². The van der Waals surface area contributed by atoms with Crippen molar-refractivity contribution in [1.82, 2.24) is 19.4 Å². The predicted octanol–water partition coefficient (Wildman–Crippen LogP) is 2.33. The van der Waals surface area contributed by atoms with Gasteiger partial charge in [-0.2, -0.15) is 5.10 Å². The van der Waals surface area contributed by atoms with Crippen LogP contribution < -0.4 is 0 Å². The van der Waals surface area contributed by atoms with E-state index in [0.29, 0.717) is 5.69 Å². The fraction of sp³-hybridized carbons (Fsp3) is 0.231. The van der Waals surface area contributed by atoms with Gasteiger partial charge in [-0.15, -0.1) is 5.10 Å². The molecule has 3 rings (SSSR count). The largest absolute Gasteiger partial charge is 0.292 e. The van der Waals surface area contributed by atoms with Gasteiger partial charge in [0, 0.05) is 17.3 Å². The molecule has 2 heterocycles. The smallest absolute Gasteiger partial charge is 0.190 e. The number of nitrogens with zero attached hydrogens (tertiary/aromatic N) is 4. The summed E-state index contributed by atoms with van der Waals surface area (Å²) in [6.07, 6.45) is 0.263. The molecule has 0 saturated carbocycles. The molecule has 0 fully saturated rings. The molecular weight excluding hydrogens is 260 g/mol. The van der Waals surface area contributed by atoms with Gasteiger partial charge in [0.25, 0.3) is 0 Å². The molecule has 19 heavy (non-hydrogen) atoms. The number of benzene rings is 1. The molecule has 0 amide bonds. The van der Waals surface area contributed by atoms with Crippen LogP contribution in [0.2, 0.25) is 0 Å². The molecule has 0 saturated heterocycles. The van der Waals surface area contributed by atoms with E-state index in [0.717, 1.165) is 23.1 Å². The molecule has 96 valence electrons. The Morgan fingerprint density at radius 3 is 2.95 bits per heavy atom. The summed E-state index contributed by atoms with van der Waals surface area (Å²) in [6, 6.07) is 7.95. The van der Waals surface area contributed by atoms with Crippen LogP contribution in [0.4, 0.5) is 0 Å². The first-order valence-electron chi connectivity index (χ1n) is 6.04. The summed E-state index contributed by atoms with van der Waals surface area (Å²) in [5, 5.41) is 11.0. The van der Waals surface area contributed by atoms with Crippen LogP contribution in [0, 0.1) is 0 Å². The summed E-state index contributed by atoms with van der Waals surface area (Å²) >= 11 is 1.18. The molecule has 1 aromatic carbocycles. The third kappa shape index (κ3) is 2.15. The zero-order valence-corrected chi connectivity index (χ0v) is 11.2. The molecule has 0 spiro atoms. The molecule has 0 N–H and O–H groups in total. The number of carbonyl (C=O) groups excluding carboxylic acids is 1. The Hall–Kier alpha value is -2.08. The molecule has 0 aliphatic heterocycles. The van der Waals surface area contributed by atoms with Gasteiger partial charge >= 0.3 is 0 Å². The highest BCUT2D eigenvalue weighted by atomic mass is 32.1. The van der Waals surface area contributed by atoms with Crippen LogP contribution in [-0.4, -0.2) is 25.2 Å². The molecule has 5 nitrogen and oxygen atoms in total. The third-order valence-electron chi connectivity index (χ3n) is 3.01. The lowest BCUT2D eigenvalue weighted by molar-refractivity contribution is 0.0987. The van der Waals surface area contributed by atoms with E-state index in [4.69, 9.17) is 0 Å². The highest BCUT2D eigenvalue weighted by Gasteiger charge is 2.15. The van der Waals surface area contributed by atoms with E-state index in [-0.39, 0.29) is 12.2 Å². The second-order valence-corrected chi connectivity index (χ2v) is 4.78. The maximum absolute atomic E-state index is 12.1. The van der Waals surface area contributed by atoms with Crippen LogP contribution >= 0.6 is 11.5 Å². The van der Waals surface area contributed by atoms with E-state index in [9.17, 15) is 4.79 Å². The Morgan fingerprint density at radius 1 is 1.37 bits per heavy atom. The number of para-hydroxylation sites is 1. The average Bonchev–Trinajstić information content (AvgIpc) is 3.07. The summed E-state index contributed by atoms with van der Waals surface area (Å²) in [6.45, 7) is 2.82. The third-order valence-corrected chi connectivity index (χ3v) is 3.51. The van der Waals surface area contributed by atoms with Gasteiger partial charge in [-0.3, -0.25) is 9.48 Å². The molecule has 2 aromatic heterocycles. The van der Waals surface area contributed by atoms with E-state index < -0.39 is 0 Å². The van der Waals surface area contributed by atoms with E-state index in [1.54, 1.807) is 5.38 Å². The molecule has 0 aliphatic carbocycles. The lowest BCUT2D eigenvalue weighted by Crippen LogP contribution is -2.06. The minimum atomic E-state index is -0.0414. The topological polar surface area (TPSA) is 60.7 Å². The van der Waals surface area contributed by atoms with Crippen LogP contribution in [0.15, 0.2) is 29.6 Å². The number of aryl methyl sites for hydroxylation is 1.